The summed E-state index contributed by atoms with van der Waals surface area (Å²) in [4.78, 5) is 10.1. The Morgan fingerprint density at radius 2 is 1.82 bits per heavy atom. The summed E-state index contributed by atoms with van der Waals surface area (Å²) >= 11 is 0.939. The normalized spacial score (nSPS) is 12.4. The molecule has 0 radical (unpaired) electrons. The molecule has 1 heterocycles. The molecule has 2 aromatic rings. The van der Waals surface area contributed by atoms with Gasteiger partial charge in [-0.15, -0.1) is 25.6 Å². The van der Waals surface area contributed by atoms with Crippen molar-refractivity contribution in [1.82, 2.24) is 0 Å². The van der Waals surface area contributed by atoms with Crippen LogP contribution in [0, 0.1) is 10.1 Å². The van der Waals surface area contributed by atoms with E-state index in [4.69, 9.17) is 5.73 Å². The predicted molar refractivity (Wildman–Crippen MR) is 77.4 cm³/mol. The van der Waals surface area contributed by atoms with Crippen molar-refractivity contribution in [3.63, 3.8) is 0 Å². The van der Waals surface area contributed by atoms with Gasteiger partial charge in [-0.2, -0.15) is 0 Å². The fourth-order valence-electron chi connectivity index (χ4n) is 1.67. The maximum absolute atomic E-state index is 12.0. The SMILES string of the molecule is Cl.N[C@H](c1ccc(OC(F)(F)F)cc1)c1csc([N+](=O)[O-])c1. The van der Waals surface area contributed by atoms with E-state index in [1.54, 1.807) is 5.38 Å². The predicted octanol–water partition coefficient (Wildman–Crippen LogP) is 4.02. The molecule has 1 aromatic carbocycles. The number of alkyl halides is 3. The number of thiophene rings is 1. The number of hydrogen-bond donors (Lipinski definition) is 1. The second-order valence-corrected chi connectivity index (χ2v) is 4.96. The van der Waals surface area contributed by atoms with Crippen LogP contribution in [-0.4, -0.2) is 11.3 Å². The van der Waals surface area contributed by atoms with Gasteiger partial charge >= 0.3 is 11.4 Å². The van der Waals surface area contributed by atoms with Crippen LogP contribution in [0.2, 0.25) is 0 Å². The second-order valence-electron chi connectivity index (χ2n) is 4.07. The molecule has 0 saturated heterocycles. The number of nitrogens with two attached hydrogens (primary N) is 1. The summed E-state index contributed by atoms with van der Waals surface area (Å²) in [5, 5.41) is 12.1. The number of hydrogen-bond acceptors (Lipinski definition) is 5. The van der Waals surface area contributed by atoms with Crippen molar-refractivity contribution in [3.8, 4) is 5.75 Å². The molecule has 1 atom stereocenters. The van der Waals surface area contributed by atoms with Crippen molar-refractivity contribution in [2.24, 2.45) is 5.73 Å². The van der Waals surface area contributed by atoms with Crippen LogP contribution in [-0.2, 0) is 0 Å². The van der Waals surface area contributed by atoms with Crippen molar-refractivity contribution in [2.45, 2.75) is 12.4 Å². The maximum Gasteiger partial charge on any atom is 0.573 e. The van der Waals surface area contributed by atoms with Crippen molar-refractivity contribution in [2.75, 3.05) is 0 Å². The minimum atomic E-state index is -4.75. The van der Waals surface area contributed by atoms with E-state index in [1.807, 2.05) is 0 Å². The molecule has 1 aromatic heterocycles. The van der Waals surface area contributed by atoms with Crippen LogP contribution in [0.5, 0.6) is 5.75 Å². The highest BCUT2D eigenvalue weighted by Crippen LogP contribution is 2.30. The topological polar surface area (TPSA) is 78.4 Å². The molecular weight excluding hydrogens is 345 g/mol. The number of rotatable bonds is 4. The molecular formula is C12H10ClF3N2O3S. The lowest BCUT2D eigenvalue weighted by atomic mass is 10.0. The Morgan fingerprint density at radius 1 is 1.23 bits per heavy atom. The van der Waals surface area contributed by atoms with Crippen LogP contribution in [0.25, 0.3) is 0 Å². The molecule has 0 bridgehead atoms. The summed E-state index contributed by atoms with van der Waals surface area (Å²) in [5.41, 5.74) is 6.98. The number of nitrogens with zero attached hydrogens (tertiary/aromatic N) is 1. The van der Waals surface area contributed by atoms with E-state index in [1.165, 1.54) is 18.2 Å². The van der Waals surface area contributed by atoms with Gasteiger partial charge < -0.3 is 10.5 Å². The average molecular weight is 355 g/mol. The number of ether oxygens (including phenoxy) is 1. The second kappa shape index (κ2) is 6.95. The Kier molecular flexibility index (Phi) is 5.75. The van der Waals surface area contributed by atoms with Crippen molar-refractivity contribution in [3.05, 3.63) is 57.0 Å². The fourth-order valence-corrected chi connectivity index (χ4v) is 2.43. The van der Waals surface area contributed by atoms with E-state index in [9.17, 15) is 23.3 Å². The van der Waals surface area contributed by atoms with E-state index in [0.717, 1.165) is 23.5 Å². The number of halogens is 4. The molecule has 2 N–H and O–H groups in total. The van der Waals surface area contributed by atoms with Crippen molar-refractivity contribution >= 4 is 28.7 Å². The van der Waals surface area contributed by atoms with E-state index in [0.29, 0.717) is 11.1 Å². The molecule has 0 aliphatic rings. The van der Waals surface area contributed by atoms with Crippen molar-refractivity contribution in [1.29, 1.82) is 0 Å². The van der Waals surface area contributed by atoms with Crippen LogP contribution in [0.4, 0.5) is 18.2 Å². The zero-order valence-electron chi connectivity index (χ0n) is 10.7. The Labute approximate surface area is 133 Å². The highest BCUT2D eigenvalue weighted by atomic mass is 35.5. The van der Waals surface area contributed by atoms with Gasteiger partial charge in [0.2, 0.25) is 0 Å². The van der Waals surface area contributed by atoms with E-state index >= 15 is 0 Å². The van der Waals surface area contributed by atoms with Crippen molar-refractivity contribution < 1.29 is 22.8 Å². The minimum Gasteiger partial charge on any atom is -0.406 e. The Bertz CT molecular complexity index is 646. The van der Waals surface area contributed by atoms with Gasteiger partial charge in [0.05, 0.1) is 11.0 Å². The van der Waals surface area contributed by atoms with Crippen LogP contribution >= 0.6 is 23.7 Å². The lowest BCUT2D eigenvalue weighted by Gasteiger charge is -2.12. The van der Waals surface area contributed by atoms with Crippen LogP contribution in [0.15, 0.2) is 35.7 Å². The molecule has 0 unspecified atom stereocenters. The van der Waals surface area contributed by atoms with Crippen LogP contribution in [0.3, 0.4) is 0 Å². The van der Waals surface area contributed by atoms with Gasteiger partial charge in [-0.1, -0.05) is 23.5 Å². The quantitative estimate of drug-likeness (QED) is 0.664. The van der Waals surface area contributed by atoms with E-state index in [-0.39, 0.29) is 23.2 Å². The zero-order chi connectivity index (χ0) is 15.6. The summed E-state index contributed by atoms with van der Waals surface area (Å²) in [6.45, 7) is 0. The fraction of sp³-hybridized carbons (Fsp3) is 0.167. The highest BCUT2D eigenvalue weighted by molar-refractivity contribution is 7.13. The molecule has 2 rings (SSSR count). The Morgan fingerprint density at radius 3 is 2.27 bits per heavy atom. The minimum absolute atomic E-state index is 0. The molecule has 0 aliphatic carbocycles. The first kappa shape index (κ1) is 18.2. The largest absolute Gasteiger partial charge is 0.573 e. The van der Waals surface area contributed by atoms with Gasteiger partial charge in [-0.3, -0.25) is 10.1 Å². The molecule has 0 saturated carbocycles. The molecule has 0 aliphatic heterocycles. The molecule has 22 heavy (non-hydrogen) atoms. The van der Waals surface area contributed by atoms with Gasteiger partial charge in [0.1, 0.15) is 5.75 Å². The Balaban J connectivity index is 0.00000242. The Hall–Kier alpha value is -1.84. The van der Waals surface area contributed by atoms with Gasteiger partial charge in [0.15, 0.2) is 0 Å². The van der Waals surface area contributed by atoms with Gasteiger partial charge in [-0.05, 0) is 23.3 Å². The summed E-state index contributed by atoms with van der Waals surface area (Å²) < 4.78 is 39.9. The molecule has 0 fully saturated rings. The molecule has 5 nitrogen and oxygen atoms in total. The molecule has 0 spiro atoms. The van der Waals surface area contributed by atoms with E-state index < -0.39 is 17.3 Å². The number of benzene rings is 1. The van der Waals surface area contributed by atoms with Crippen LogP contribution < -0.4 is 10.5 Å². The maximum atomic E-state index is 12.0. The molecule has 0 amide bonds. The first-order valence-corrected chi connectivity index (χ1v) is 6.48. The lowest BCUT2D eigenvalue weighted by Crippen LogP contribution is -2.17. The summed E-state index contributed by atoms with van der Waals surface area (Å²) in [5.74, 6) is -0.352. The first-order chi connectivity index (χ1) is 9.76. The smallest absolute Gasteiger partial charge is 0.406 e. The first-order valence-electron chi connectivity index (χ1n) is 5.60. The average Bonchev–Trinajstić information content (AvgIpc) is 2.86. The standard InChI is InChI=1S/C12H9F3N2O3S.ClH/c13-12(14,15)20-9-3-1-7(2-4-9)11(16)8-5-10(17(18)19)21-6-8;/h1-6,11H,16H2;1H/t11-;/m1./s1. The highest BCUT2D eigenvalue weighted by Gasteiger charge is 2.31. The lowest BCUT2D eigenvalue weighted by molar-refractivity contribution is -0.380. The third-order valence-electron chi connectivity index (χ3n) is 2.62. The third-order valence-corrected chi connectivity index (χ3v) is 3.52. The third kappa shape index (κ3) is 4.58. The summed E-state index contributed by atoms with van der Waals surface area (Å²) in [7, 11) is 0. The monoisotopic (exact) mass is 354 g/mol. The summed E-state index contributed by atoms with van der Waals surface area (Å²) in [6.07, 6.45) is -4.75. The molecule has 120 valence electrons. The van der Waals surface area contributed by atoms with E-state index in [2.05, 4.69) is 4.74 Å². The summed E-state index contributed by atoms with van der Waals surface area (Å²) in [6, 6.07) is 5.74. The van der Waals surface area contributed by atoms with Gasteiger partial charge in [0, 0.05) is 11.4 Å². The molecule has 10 heteroatoms. The van der Waals surface area contributed by atoms with Gasteiger partial charge in [-0.25, -0.2) is 0 Å². The van der Waals surface area contributed by atoms with Gasteiger partial charge in [0.25, 0.3) is 0 Å². The zero-order valence-corrected chi connectivity index (χ0v) is 12.4. The number of nitro groups is 1. The van der Waals surface area contributed by atoms with Crippen LogP contribution in [0.1, 0.15) is 17.2 Å².